The Labute approximate surface area is 165 Å². The Morgan fingerprint density at radius 1 is 1.04 bits per heavy atom. The molecule has 2 aromatic rings. The van der Waals surface area contributed by atoms with E-state index in [2.05, 4.69) is 5.32 Å². The third-order valence-corrected chi connectivity index (χ3v) is 4.39. The molecule has 0 bridgehead atoms. The first kappa shape index (κ1) is 20.7. The SMILES string of the molecule is Cl.Nc1ccccc1CCC(=O)Nc1ccc(C(=O)N2CCOCC2)cc1. The zero-order chi connectivity index (χ0) is 18.4. The fraction of sp³-hybridized carbons (Fsp3) is 0.300. The smallest absolute Gasteiger partial charge is 0.254 e. The first-order valence-electron chi connectivity index (χ1n) is 8.74. The molecule has 1 aliphatic heterocycles. The molecule has 3 N–H and O–H groups in total. The maximum Gasteiger partial charge on any atom is 0.254 e. The number of nitrogens with zero attached hydrogens (tertiary/aromatic N) is 1. The molecule has 2 aromatic carbocycles. The van der Waals surface area contributed by atoms with Gasteiger partial charge in [-0.3, -0.25) is 9.59 Å². The predicted octanol–water partition coefficient (Wildman–Crippen LogP) is 2.73. The summed E-state index contributed by atoms with van der Waals surface area (Å²) in [7, 11) is 0. The van der Waals surface area contributed by atoms with Gasteiger partial charge in [-0.1, -0.05) is 18.2 Å². The lowest BCUT2D eigenvalue weighted by Crippen LogP contribution is -2.40. The third kappa shape index (κ3) is 5.70. The number of morpholine rings is 1. The largest absolute Gasteiger partial charge is 0.399 e. The van der Waals surface area contributed by atoms with Gasteiger partial charge in [-0.05, 0) is 42.3 Å². The van der Waals surface area contributed by atoms with Gasteiger partial charge < -0.3 is 20.7 Å². The molecule has 144 valence electrons. The highest BCUT2D eigenvalue weighted by molar-refractivity contribution is 5.96. The lowest BCUT2D eigenvalue weighted by atomic mass is 10.1. The number of ether oxygens (including phenoxy) is 1. The summed E-state index contributed by atoms with van der Waals surface area (Å²) in [6, 6.07) is 14.5. The molecule has 1 aliphatic rings. The molecule has 27 heavy (non-hydrogen) atoms. The fourth-order valence-corrected chi connectivity index (χ4v) is 2.88. The average molecular weight is 390 g/mol. The van der Waals surface area contributed by atoms with E-state index in [9.17, 15) is 9.59 Å². The van der Waals surface area contributed by atoms with E-state index in [0.717, 1.165) is 5.56 Å². The van der Waals surface area contributed by atoms with Crippen molar-refractivity contribution >= 4 is 35.6 Å². The Balaban J connectivity index is 0.00000261. The molecule has 2 amide bonds. The molecule has 0 aromatic heterocycles. The van der Waals surface area contributed by atoms with Crippen LogP contribution in [0.15, 0.2) is 48.5 Å². The van der Waals surface area contributed by atoms with Crippen LogP contribution >= 0.6 is 12.4 Å². The number of hydrogen-bond acceptors (Lipinski definition) is 4. The number of nitrogens with two attached hydrogens (primary N) is 1. The highest BCUT2D eigenvalue weighted by atomic mass is 35.5. The zero-order valence-electron chi connectivity index (χ0n) is 15.0. The molecule has 0 radical (unpaired) electrons. The third-order valence-electron chi connectivity index (χ3n) is 4.39. The van der Waals surface area contributed by atoms with E-state index in [-0.39, 0.29) is 24.2 Å². The van der Waals surface area contributed by atoms with Crippen LogP contribution in [0.1, 0.15) is 22.3 Å². The standard InChI is InChI=1S/C20H23N3O3.ClH/c21-18-4-2-1-3-15(18)7-10-19(24)22-17-8-5-16(6-9-17)20(25)23-11-13-26-14-12-23;/h1-6,8-9H,7,10-14,21H2,(H,22,24);1H. The number of hydrogen-bond donors (Lipinski definition) is 2. The monoisotopic (exact) mass is 389 g/mol. The Morgan fingerprint density at radius 2 is 1.70 bits per heavy atom. The molecule has 0 spiro atoms. The molecular formula is C20H24ClN3O3. The van der Waals surface area contributed by atoms with Gasteiger partial charge in [0.25, 0.3) is 5.91 Å². The summed E-state index contributed by atoms with van der Waals surface area (Å²) in [4.78, 5) is 26.3. The number of nitrogens with one attached hydrogen (secondary N) is 1. The number of para-hydroxylation sites is 1. The van der Waals surface area contributed by atoms with Gasteiger partial charge in [0, 0.05) is 36.4 Å². The first-order valence-corrected chi connectivity index (χ1v) is 8.74. The highest BCUT2D eigenvalue weighted by Crippen LogP contribution is 2.15. The minimum absolute atomic E-state index is 0. The summed E-state index contributed by atoms with van der Waals surface area (Å²) in [5.74, 6) is -0.0914. The number of rotatable bonds is 5. The van der Waals surface area contributed by atoms with Gasteiger partial charge in [0.1, 0.15) is 0 Å². The Hall–Kier alpha value is -2.57. The molecule has 6 nitrogen and oxygen atoms in total. The number of carbonyl (C=O) groups excluding carboxylic acids is 2. The van der Waals surface area contributed by atoms with Crippen molar-refractivity contribution in [3.63, 3.8) is 0 Å². The number of anilines is 2. The summed E-state index contributed by atoms with van der Waals surface area (Å²) in [6.45, 7) is 2.37. The molecule has 3 rings (SSSR count). The second-order valence-electron chi connectivity index (χ2n) is 6.23. The van der Waals surface area contributed by atoms with Crippen molar-refractivity contribution in [2.45, 2.75) is 12.8 Å². The van der Waals surface area contributed by atoms with Gasteiger partial charge in [-0.15, -0.1) is 12.4 Å². The van der Waals surface area contributed by atoms with Crippen molar-refractivity contribution in [1.29, 1.82) is 0 Å². The summed E-state index contributed by atoms with van der Waals surface area (Å²) >= 11 is 0. The Kier molecular flexibility index (Phi) is 7.64. The van der Waals surface area contributed by atoms with Crippen LogP contribution in [0.3, 0.4) is 0 Å². The van der Waals surface area contributed by atoms with Crippen molar-refractivity contribution in [3.8, 4) is 0 Å². The normalized spacial score (nSPS) is 13.6. The van der Waals surface area contributed by atoms with Gasteiger partial charge in [0.2, 0.25) is 5.91 Å². The van der Waals surface area contributed by atoms with Crippen LogP contribution in [-0.4, -0.2) is 43.0 Å². The van der Waals surface area contributed by atoms with Gasteiger partial charge in [-0.2, -0.15) is 0 Å². The van der Waals surface area contributed by atoms with E-state index in [1.54, 1.807) is 29.2 Å². The molecule has 1 saturated heterocycles. The minimum Gasteiger partial charge on any atom is -0.399 e. The summed E-state index contributed by atoms with van der Waals surface area (Å²) < 4.78 is 5.26. The topological polar surface area (TPSA) is 84.7 Å². The number of amides is 2. The van der Waals surface area contributed by atoms with E-state index in [0.29, 0.717) is 56.1 Å². The van der Waals surface area contributed by atoms with Crippen molar-refractivity contribution < 1.29 is 14.3 Å². The molecule has 0 atom stereocenters. The van der Waals surface area contributed by atoms with E-state index in [1.165, 1.54) is 0 Å². The van der Waals surface area contributed by atoms with Crippen LogP contribution in [0.5, 0.6) is 0 Å². The Morgan fingerprint density at radius 3 is 2.37 bits per heavy atom. The highest BCUT2D eigenvalue weighted by Gasteiger charge is 2.18. The number of nitrogen functional groups attached to an aromatic ring is 1. The van der Waals surface area contributed by atoms with Crippen LogP contribution in [0.25, 0.3) is 0 Å². The van der Waals surface area contributed by atoms with Crippen LogP contribution in [0.4, 0.5) is 11.4 Å². The maximum atomic E-state index is 12.4. The summed E-state index contributed by atoms with van der Waals surface area (Å²) in [5, 5.41) is 2.85. The van der Waals surface area contributed by atoms with Crippen molar-refractivity contribution in [2.75, 3.05) is 37.4 Å². The van der Waals surface area contributed by atoms with Crippen molar-refractivity contribution in [2.24, 2.45) is 0 Å². The number of carbonyl (C=O) groups is 2. The van der Waals surface area contributed by atoms with Gasteiger partial charge in [-0.25, -0.2) is 0 Å². The predicted molar refractivity (Wildman–Crippen MR) is 108 cm³/mol. The second kappa shape index (κ2) is 9.94. The van der Waals surface area contributed by atoms with E-state index < -0.39 is 0 Å². The first-order chi connectivity index (χ1) is 12.6. The quantitative estimate of drug-likeness (QED) is 0.770. The van der Waals surface area contributed by atoms with Crippen molar-refractivity contribution in [1.82, 2.24) is 4.90 Å². The Bertz CT molecular complexity index is 774. The summed E-state index contributed by atoms with van der Waals surface area (Å²) in [5.41, 5.74) is 8.85. The van der Waals surface area contributed by atoms with E-state index in [4.69, 9.17) is 10.5 Å². The number of benzene rings is 2. The zero-order valence-corrected chi connectivity index (χ0v) is 15.8. The fourth-order valence-electron chi connectivity index (χ4n) is 2.88. The van der Waals surface area contributed by atoms with E-state index in [1.807, 2.05) is 24.3 Å². The van der Waals surface area contributed by atoms with Gasteiger partial charge in [0.05, 0.1) is 13.2 Å². The van der Waals surface area contributed by atoms with Crippen LogP contribution < -0.4 is 11.1 Å². The molecule has 1 heterocycles. The van der Waals surface area contributed by atoms with Gasteiger partial charge in [0.15, 0.2) is 0 Å². The van der Waals surface area contributed by atoms with Crippen LogP contribution in [-0.2, 0) is 16.0 Å². The molecule has 1 fully saturated rings. The molecule has 7 heteroatoms. The van der Waals surface area contributed by atoms with Crippen molar-refractivity contribution in [3.05, 3.63) is 59.7 Å². The lowest BCUT2D eigenvalue weighted by Gasteiger charge is -2.26. The second-order valence-corrected chi connectivity index (χ2v) is 6.23. The molecule has 0 saturated carbocycles. The van der Waals surface area contributed by atoms with Gasteiger partial charge >= 0.3 is 0 Å². The average Bonchev–Trinajstić information content (AvgIpc) is 2.68. The molecule has 0 aliphatic carbocycles. The number of aryl methyl sites for hydroxylation is 1. The number of halogens is 1. The van der Waals surface area contributed by atoms with Crippen LogP contribution in [0, 0.1) is 0 Å². The summed E-state index contributed by atoms with van der Waals surface area (Å²) in [6.07, 6.45) is 0.939. The van der Waals surface area contributed by atoms with E-state index >= 15 is 0 Å². The maximum absolute atomic E-state index is 12.4. The molecule has 0 unspecified atom stereocenters. The lowest BCUT2D eigenvalue weighted by molar-refractivity contribution is -0.116. The molecular weight excluding hydrogens is 366 g/mol. The van der Waals surface area contributed by atoms with Crippen LogP contribution in [0.2, 0.25) is 0 Å². The minimum atomic E-state index is -0.0829.